The van der Waals surface area contributed by atoms with Gasteiger partial charge in [0.05, 0.1) is 14.5 Å². The summed E-state index contributed by atoms with van der Waals surface area (Å²) in [5.41, 5.74) is 1.73. The number of phenolic OH excluding ortho intramolecular Hbond substituents is 1. The molecule has 0 radical (unpaired) electrons. The number of fused-ring (bicyclic) bond motifs is 1. The summed E-state index contributed by atoms with van der Waals surface area (Å²) in [6.07, 6.45) is 0. The molecule has 110 valence electrons. The number of ether oxygens (including phenoxy) is 2. The molecule has 2 N–H and O–H groups in total. The SMILES string of the molecule is Oc1c(Cl)cc(NCc2cc(Br)c3c(c2)OCO3)cc1Cl. The van der Waals surface area contributed by atoms with Gasteiger partial charge in [0, 0.05) is 12.2 Å². The molecule has 1 heterocycles. The molecular formula is C14H10BrCl2NO3. The van der Waals surface area contributed by atoms with Gasteiger partial charge in [-0.15, -0.1) is 0 Å². The van der Waals surface area contributed by atoms with E-state index in [0.29, 0.717) is 12.3 Å². The molecule has 2 aromatic rings. The van der Waals surface area contributed by atoms with E-state index in [4.69, 9.17) is 32.7 Å². The highest BCUT2D eigenvalue weighted by Crippen LogP contribution is 2.40. The van der Waals surface area contributed by atoms with Crippen LogP contribution in [0.5, 0.6) is 17.2 Å². The molecule has 3 rings (SSSR count). The van der Waals surface area contributed by atoms with Crippen LogP contribution in [0.15, 0.2) is 28.7 Å². The number of hydrogen-bond acceptors (Lipinski definition) is 4. The molecule has 4 nitrogen and oxygen atoms in total. The lowest BCUT2D eigenvalue weighted by molar-refractivity contribution is 0.173. The van der Waals surface area contributed by atoms with Crippen molar-refractivity contribution in [3.05, 3.63) is 44.3 Å². The number of hydrogen-bond donors (Lipinski definition) is 2. The van der Waals surface area contributed by atoms with Gasteiger partial charge >= 0.3 is 0 Å². The van der Waals surface area contributed by atoms with Gasteiger partial charge in [0.1, 0.15) is 0 Å². The zero-order valence-electron chi connectivity index (χ0n) is 10.6. The van der Waals surface area contributed by atoms with Gasteiger partial charge in [0.15, 0.2) is 17.2 Å². The van der Waals surface area contributed by atoms with E-state index in [0.717, 1.165) is 21.5 Å². The Hall–Kier alpha value is -1.30. The number of anilines is 1. The van der Waals surface area contributed by atoms with Gasteiger partial charge in [-0.25, -0.2) is 0 Å². The topological polar surface area (TPSA) is 50.7 Å². The first-order valence-corrected chi connectivity index (χ1v) is 7.59. The number of rotatable bonds is 3. The first-order chi connectivity index (χ1) is 10.0. The van der Waals surface area contributed by atoms with Gasteiger partial charge in [0.25, 0.3) is 0 Å². The van der Waals surface area contributed by atoms with E-state index in [2.05, 4.69) is 21.2 Å². The zero-order chi connectivity index (χ0) is 15.0. The van der Waals surface area contributed by atoms with Crippen LogP contribution in [0.25, 0.3) is 0 Å². The first-order valence-electron chi connectivity index (χ1n) is 6.04. The maximum Gasteiger partial charge on any atom is 0.231 e. The minimum absolute atomic E-state index is 0.116. The molecule has 0 spiro atoms. The normalized spacial score (nSPS) is 12.5. The Balaban J connectivity index is 1.78. The lowest BCUT2D eigenvalue weighted by atomic mass is 10.2. The quantitative estimate of drug-likeness (QED) is 0.739. The minimum atomic E-state index is -0.116. The van der Waals surface area contributed by atoms with E-state index in [9.17, 15) is 5.11 Å². The molecule has 0 aliphatic carbocycles. The monoisotopic (exact) mass is 389 g/mol. The molecule has 0 amide bonds. The number of halogens is 3. The van der Waals surface area contributed by atoms with Crippen LogP contribution >= 0.6 is 39.1 Å². The van der Waals surface area contributed by atoms with Crippen LogP contribution in [0, 0.1) is 0 Å². The molecule has 0 saturated carbocycles. The molecule has 0 saturated heterocycles. The molecule has 0 bridgehead atoms. The number of aromatic hydroxyl groups is 1. The van der Waals surface area contributed by atoms with Crippen molar-refractivity contribution < 1.29 is 14.6 Å². The molecule has 0 aromatic heterocycles. The molecular weight excluding hydrogens is 381 g/mol. The maximum absolute atomic E-state index is 9.53. The van der Waals surface area contributed by atoms with E-state index < -0.39 is 0 Å². The molecule has 1 aliphatic heterocycles. The number of nitrogens with one attached hydrogen (secondary N) is 1. The fourth-order valence-corrected chi connectivity index (χ4v) is 3.09. The molecule has 1 aliphatic rings. The van der Waals surface area contributed by atoms with Gasteiger partial charge < -0.3 is 19.9 Å². The lowest BCUT2D eigenvalue weighted by Gasteiger charge is -2.10. The van der Waals surface area contributed by atoms with Crippen LogP contribution in [0.1, 0.15) is 5.56 Å². The second kappa shape index (κ2) is 5.83. The van der Waals surface area contributed by atoms with Crippen LogP contribution in [0.2, 0.25) is 10.0 Å². The summed E-state index contributed by atoms with van der Waals surface area (Å²) in [7, 11) is 0. The standard InChI is InChI=1S/C14H10BrCl2NO3/c15-9-1-7(2-12-14(9)21-6-20-12)5-18-8-3-10(16)13(19)11(17)4-8/h1-4,18-19H,5-6H2. The largest absolute Gasteiger partial charge is 0.505 e. The summed E-state index contributed by atoms with van der Waals surface area (Å²) >= 11 is 15.2. The highest BCUT2D eigenvalue weighted by molar-refractivity contribution is 9.10. The van der Waals surface area contributed by atoms with Crippen LogP contribution in [-0.2, 0) is 6.54 Å². The summed E-state index contributed by atoms with van der Waals surface area (Å²) in [5, 5.41) is 13.1. The third-order valence-corrected chi connectivity index (χ3v) is 4.17. The first kappa shape index (κ1) is 14.6. The maximum atomic E-state index is 9.53. The third-order valence-electron chi connectivity index (χ3n) is 3.00. The molecule has 0 unspecified atom stereocenters. The predicted octanol–water partition coefficient (Wildman–Crippen LogP) is 4.80. The smallest absolute Gasteiger partial charge is 0.231 e. The van der Waals surface area contributed by atoms with E-state index in [-0.39, 0.29) is 22.6 Å². The highest BCUT2D eigenvalue weighted by Gasteiger charge is 2.17. The second-order valence-corrected chi connectivity index (χ2v) is 6.12. The van der Waals surface area contributed by atoms with E-state index in [1.807, 2.05) is 12.1 Å². The lowest BCUT2D eigenvalue weighted by Crippen LogP contribution is -1.99. The Kier molecular flexibility index (Phi) is 4.06. The summed E-state index contributed by atoms with van der Waals surface area (Å²) in [5.74, 6) is 1.31. The zero-order valence-corrected chi connectivity index (χ0v) is 13.7. The minimum Gasteiger partial charge on any atom is -0.505 e. The van der Waals surface area contributed by atoms with Crippen molar-refractivity contribution in [2.24, 2.45) is 0 Å². The van der Waals surface area contributed by atoms with E-state index in [1.54, 1.807) is 12.1 Å². The summed E-state index contributed by atoms with van der Waals surface area (Å²) in [6.45, 7) is 0.778. The van der Waals surface area contributed by atoms with Gasteiger partial charge in [-0.2, -0.15) is 0 Å². The van der Waals surface area contributed by atoms with E-state index >= 15 is 0 Å². The molecule has 7 heteroatoms. The molecule has 0 atom stereocenters. The van der Waals surface area contributed by atoms with Crippen molar-refractivity contribution in [1.82, 2.24) is 0 Å². The second-order valence-electron chi connectivity index (χ2n) is 4.45. The van der Waals surface area contributed by atoms with Gasteiger partial charge in [-0.3, -0.25) is 0 Å². The van der Waals surface area contributed by atoms with Crippen molar-refractivity contribution in [3.63, 3.8) is 0 Å². The summed E-state index contributed by atoms with van der Waals surface area (Å²) in [6, 6.07) is 7.09. The van der Waals surface area contributed by atoms with Crippen molar-refractivity contribution in [3.8, 4) is 17.2 Å². The Morgan fingerprint density at radius 3 is 2.57 bits per heavy atom. The molecule has 21 heavy (non-hydrogen) atoms. The van der Waals surface area contributed by atoms with Gasteiger partial charge in [0.2, 0.25) is 6.79 Å². The number of benzene rings is 2. The molecule has 0 fully saturated rings. The van der Waals surface area contributed by atoms with Crippen molar-refractivity contribution in [2.45, 2.75) is 6.54 Å². The van der Waals surface area contributed by atoms with Crippen LogP contribution in [-0.4, -0.2) is 11.9 Å². The van der Waals surface area contributed by atoms with Crippen LogP contribution in [0.3, 0.4) is 0 Å². The average molecular weight is 391 g/mol. The Morgan fingerprint density at radius 1 is 1.14 bits per heavy atom. The summed E-state index contributed by atoms with van der Waals surface area (Å²) in [4.78, 5) is 0. The van der Waals surface area contributed by atoms with Crippen molar-refractivity contribution in [2.75, 3.05) is 12.1 Å². The van der Waals surface area contributed by atoms with E-state index in [1.165, 1.54) is 0 Å². The van der Waals surface area contributed by atoms with Gasteiger partial charge in [-0.05, 0) is 45.8 Å². The Morgan fingerprint density at radius 2 is 1.86 bits per heavy atom. The van der Waals surface area contributed by atoms with Crippen molar-refractivity contribution >= 4 is 44.8 Å². The summed E-state index contributed by atoms with van der Waals surface area (Å²) < 4.78 is 11.6. The van der Waals surface area contributed by atoms with Crippen LogP contribution < -0.4 is 14.8 Å². The Labute approximate surface area is 139 Å². The molecule has 2 aromatic carbocycles. The fourth-order valence-electron chi connectivity index (χ4n) is 1.99. The highest BCUT2D eigenvalue weighted by atomic mass is 79.9. The fraction of sp³-hybridized carbons (Fsp3) is 0.143. The van der Waals surface area contributed by atoms with Gasteiger partial charge in [-0.1, -0.05) is 23.2 Å². The van der Waals surface area contributed by atoms with Crippen LogP contribution in [0.4, 0.5) is 5.69 Å². The Bertz CT molecular complexity index is 686. The average Bonchev–Trinajstić information content (AvgIpc) is 2.91. The third kappa shape index (κ3) is 3.00. The number of phenols is 1. The van der Waals surface area contributed by atoms with Crippen molar-refractivity contribution in [1.29, 1.82) is 0 Å². The predicted molar refractivity (Wildman–Crippen MR) is 85.7 cm³/mol.